The molecule has 128 valence electrons. The highest BCUT2D eigenvalue weighted by Gasteiger charge is 2.34. The Bertz CT molecular complexity index is 538. The maximum absolute atomic E-state index is 12.7. The van der Waals surface area contributed by atoms with Crippen molar-refractivity contribution in [3.05, 3.63) is 30.3 Å². The quantitative estimate of drug-likeness (QED) is 0.810. The van der Waals surface area contributed by atoms with Gasteiger partial charge >= 0.3 is 0 Å². The first-order valence-electron chi connectivity index (χ1n) is 7.84. The van der Waals surface area contributed by atoms with Crippen molar-refractivity contribution in [2.24, 2.45) is 5.41 Å². The van der Waals surface area contributed by atoms with Gasteiger partial charge in [-0.2, -0.15) is 0 Å². The zero-order valence-corrected chi connectivity index (χ0v) is 14.7. The van der Waals surface area contributed by atoms with E-state index in [0.717, 1.165) is 5.69 Å². The predicted octanol–water partition coefficient (Wildman–Crippen LogP) is 2.34. The maximum atomic E-state index is 12.7. The van der Waals surface area contributed by atoms with Gasteiger partial charge in [0.15, 0.2) is 0 Å². The fourth-order valence-electron chi connectivity index (χ4n) is 2.46. The molecule has 0 spiro atoms. The number of likely N-dealkylation sites (N-methyl/N-ethyl adjacent to an activating group) is 1. The van der Waals surface area contributed by atoms with E-state index in [1.807, 2.05) is 44.2 Å². The molecule has 0 saturated carbocycles. The molecular weight excluding hydrogens is 292 g/mol. The summed E-state index contributed by atoms with van der Waals surface area (Å²) >= 11 is 0. The average Bonchev–Trinajstić information content (AvgIpc) is 2.45. The summed E-state index contributed by atoms with van der Waals surface area (Å²) in [6.07, 6.45) is 0.804. The largest absolute Gasteiger partial charge is 0.396 e. The van der Waals surface area contributed by atoms with Crippen LogP contribution in [0.4, 0.5) is 5.69 Å². The molecule has 23 heavy (non-hydrogen) atoms. The van der Waals surface area contributed by atoms with Gasteiger partial charge in [0.2, 0.25) is 5.91 Å². The molecule has 1 aromatic rings. The Morgan fingerprint density at radius 3 is 2.22 bits per heavy atom. The fraction of sp³-hybridized carbons (Fsp3) is 0.556. The lowest BCUT2D eigenvalue weighted by Crippen LogP contribution is -2.55. The van der Waals surface area contributed by atoms with Crippen molar-refractivity contribution in [3.8, 4) is 0 Å². The number of hydrogen-bond acceptors (Lipinski definition) is 3. The molecular formula is C18H28N2O3. The number of rotatable bonds is 7. The molecule has 0 aliphatic rings. The number of aliphatic hydroxyl groups is 1. The molecule has 5 heteroatoms. The molecule has 0 heterocycles. The van der Waals surface area contributed by atoms with Gasteiger partial charge in [0, 0.05) is 25.8 Å². The standard InChI is InChI=1S/C18H28N2O3/c1-17(2,11-12-21)13-15(22)19-18(3,4)16(23)20(5)14-9-7-6-8-10-14/h6-10,21H,11-13H2,1-5H3,(H,19,22). The lowest BCUT2D eigenvalue weighted by molar-refractivity contribution is -0.131. The zero-order chi connectivity index (χ0) is 17.7. The van der Waals surface area contributed by atoms with Crippen molar-refractivity contribution in [1.82, 2.24) is 5.32 Å². The first-order valence-corrected chi connectivity index (χ1v) is 7.84. The van der Waals surface area contributed by atoms with E-state index in [1.165, 1.54) is 0 Å². The summed E-state index contributed by atoms with van der Waals surface area (Å²) in [5, 5.41) is 11.9. The Kier molecular flexibility index (Phi) is 6.33. The average molecular weight is 320 g/mol. The second-order valence-electron chi connectivity index (χ2n) is 7.19. The van der Waals surface area contributed by atoms with Crippen molar-refractivity contribution >= 4 is 17.5 Å². The normalized spacial score (nSPS) is 11.9. The molecule has 1 rings (SSSR count). The van der Waals surface area contributed by atoms with Crippen LogP contribution in [0.15, 0.2) is 30.3 Å². The van der Waals surface area contributed by atoms with Gasteiger partial charge in [0.25, 0.3) is 5.91 Å². The van der Waals surface area contributed by atoms with Gasteiger partial charge < -0.3 is 15.3 Å². The number of nitrogens with zero attached hydrogens (tertiary/aromatic N) is 1. The molecule has 0 fully saturated rings. The van der Waals surface area contributed by atoms with Gasteiger partial charge in [-0.15, -0.1) is 0 Å². The van der Waals surface area contributed by atoms with Crippen LogP contribution in [-0.4, -0.2) is 36.1 Å². The molecule has 0 radical (unpaired) electrons. The Hall–Kier alpha value is -1.88. The molecule has 2 amide bonds. The Balaban J connectivity index is 2.74. The summed E-state index contributed by atoms with van der Waals surface area (Å²) in [4.78, 5) is 26.5. The summed E-state index contributed by atoms with van der Waals surface area (Å²) in [6.45, 7) is 7.29. The number of hydrogen-bond donors (Lipinski definition) is 2. The molecule has 5 nitrogen and oxygen atoms in total. The lowest BCUT2D eigenvalue weighted by atomic mass is 9.85. The fourth-order valence-corrected chi connectivity index (χ4v) is 2.46. The second kappa shape index (κ2) is 7.59. The molecule has 0 aliphatic carbocycles. The maximum Gasteiger partial charge on any atom is 0.251 e. The molecule has 0 unspecified atom stereocenters. The number of carbonyl (C=O) groups is 2. The van der Waals surface area contributed by atoms with E-state index in [9.17, 15) is 9.59 Å². The van der Waals surface area contributed by atoms with Crippen LogP contribution in [0.25, 0.3) is 0 Å². The predicted molar refractivity (Wildman–Crippen MR) is 92.2 cm³/mol. The topological polar surface area (TPSA) is 69.6 Å². The van der Waals surface area contributed by atoms with Gasteiger partial charge in [-0.05, 0) is 37.8 Å². The van der Waals surface area contributed by atoms with E-state index in [-0.39, 0.29) is 30.3 Å². The van der Waals surface area contributed by atoms with E-state index in [4.69, 9.17) is 5.11 Å². The third kappa shape index (κ3) is 5.67. The molecule has 0 aliphatic heterocycles. The summed E-state index contributed by atoms with van der Waals surface area (Å²) in [7, 11) is 1.70. The van der Waals surface area contributed by atoms with Gasteiger partial charge in [-0.3, -0.25) is 9.59 Å². The minimum Gasteiger partial charge on any atom is -0.396 e. The highest BCUT2D eigenvalue weighted by molar-refractivity contribution is 6.01. The minimum atomic E-state index is -1.00. The first kappa shape index (κ1) is 19.2. The molecule has 0 bridgehead atoms. The monoisotopic (exact) mass is 320 g/mol. The smallest absolute Gasteiger partial charge is 0.251 e. The number of carbonyl (C=O) groups excluding carboxylic acids is 2. The van der Waals surface area contributed by atoms with Gasteiger partial charge in [0.1, 0.15) is 5.54 Å². The van der Waals surface area contributed by atoms with E-state index < -0.39 is 5.54 Å². The lowest BCUT2D eigenvalue weighted by Gasteiger charge is -2.32. The van der Waals surface area contributed by atoms with Crippen molar-refractivity contribution in [1.29, 1.82) is 0 Å². The van der Waals surface area contributed by atoms with Crippen LogP contribution in [0.3, 0.4) is 0 Å². The number of para-hydroxylation sites is 1. The Labute approximate surface area is 138 Å². The molecule has 1 aromatic carbocycles. The van der Waals surface area contributed by atoms with Crippen LogP contribution in [0.5, 0.6) is 0 Å². The SMILES string of the molecule is CN(C(=O)C(C)(C)NC(=O)CC(C)(C)CCO)c1ccccc1. The summed E-state index contributed by atoms with van der Waals surface area (Å²) in [5.74, 6) is -0.375. The molecule has 0 saturated heterocycles. The second-order valence-corrected chi connectivity index (χ2v) is 7.19. The third-order valence-corrected chi connectivity index (χ3v) is 3.86. The van der Waals surface area contributed by atoms with Crippen LogP contribution in [-0.2, 0) is 9.59 Å². The van der Waals surface area contributed by atoms with Crippen molar-refractivity contribution in [2.45, 2.75) is 46.1 Å². The van der Waals surface area contributed by atoms with E-state index >= 15 is 0 Å². The zero-order valence-electron chi connectivity index (χ0n) is 14.7. The molecule has 0 aromatic heterocycles. The number of amides is 2. The van der Waals surface area contributed by atoms with Crippen LogP contribution < -0.4 is 10.2 Å². The summed E-state index contributed by atoms with van der Waals surface area (Å²) in [6, 6.07) is 9.31. The summed E-state index contributed by atoms with van der Waals surface area (Å²) < 4.78 is 0. The van der Waals surface area contributed by atoms with Crippen molar-refractivity contribution < 1.29 is 14.7 Å². The highest BCUT2D eigenvalue weighted by Crippen LogP contribution is 2.25. The van der Waals surface area contributed by atoms with Crippen LogP contribution >= 0.6 is 0 Å². The summed E-state index contributed by atoms with van der Waals surface area (Å²) in [5.41, 5.74) is -0.527. The molecule has 2 N–H and O–H groups in total. The number of benzene rings is 1. The van der Waals surface area contributed by atoms with Gasteiger partial charge in [0.05, 0.1) is 0 Å². The van der Waals surface area contributed by atoms with Gasteiger partial charge in [-0.1, -0.05) is 32.0 Å². The minimum absolute atomic E-state index is 0.0410. The van der Waals surface area contributed by atoms with Crippen molar-refractivity contribution in [2.75, 3.05) is 18.6 Å². The third-order valence-electron chi connectivity index (χ3n) is 3.86. The van der Waals surface area contributed by atoms with Crippen LogP contribution in [0.2, 0.25) is 0 Å². The number of aliphatic hydroxyl groups excluding tert-OH is 1. The Morgan fingerprint density at radius 2 is 1.70 bits per heavy atom. The van der Waals surface area contributed by atoms with Crippen molar-refractivity contribution in [3.63, 3.8) is 0 Å². The Morgan fingerprint density at radius 1 is 1.13 bits per heavy atom. The van der Waals surface area contributed by atoms with Crippen LogP contribution in [0, 0.1) is 5.41 Å². The number of nitrogens with one attached hydrogen (secondary N) is 1. The first-order chi connectivity index (χ1) is 10.6. The highest BCUT2D eigenvalue weighted by atomic mass is 16.3. The van der Waals surface area contributed by atoms with Gasteiger partial charge in [-0.25, -0.2) is 0 Å². The van der Waals surface area contributed by atoms with E-state index in [0.29, 0.717) is 6.42 Å². The van der Waals surface area contributed by atoms with E-state index in [1.54, 1.807) is 25.8 Å². The number of anilines is 1. The van der Waals surface area contributed by atoms with E-state index in [2.05, 4.69) is 5.32 Å². The van der Waals surface area contributed by atoms with Crippen LogP contribution in [0.1, 0.15) is 40.5 Å². The molecule has 0 atom stereocenters.